The third-order valence-corrected chi connectivity index (χ3v) is 17.2. The molecule has 0 saturated carbocycles. The zero-order chi connectivity index (χ0) is 65.0. The Kier molecular flexibility index (Phi) is 17.9. The van der Waals surface area contributed by atoms with E-state index in [0.717, 1.165) is 47.8 Å². The lowest BCUT2D eigenvalue weighted by Gasteiger charge is -2.39. The van der Waals surface area contributed by atoms with Gasteiger partial charge in [-0.3, -0.25) is 28.8 Å². The molecule has 28 nitrogen and oxygen atoms in total. The molecule has 4 N–H and O–H groups in total. The number of aromatic nitrogens is 8. The zero-order valence-corrected chi connectivity index (χ0v) is 50.3. The van der Waals surface area contributed by atoms with Crippen molar-refractivity contribution >= 4 is 72.1 Å². The highest BCUT2D eigenvalue weighted by Gasteiger charge is 2.54. The van der Waals surface area contributed by atoms with Crippen molar-refractivity contribution in [1.82, 2.24) is 48.5 Å². The topological polar surface area (TPSA) is 345 Å². The summed E-state index contributed by atoms with van der Waals surface area (Å²) in [7, 11) is -7.23. The lowest BCUT2D eigenvalue weighted by Crippen LogP contribution is -2.48. The molecule has 0 unspecified atom stereocenters. The summed E-state index contributed by atoms with van der Waals surface area (Å²) in [5.41, 5.74) is -0.341. The van der Waals surface area contributed by atoms with E-state index in [1.54, 1.807) is 140 Å². The molecule has 2 saturated heterocycles. The number of carbonyl (C=O) groups excluding carboxylic acids is 2. The lowest BCUT2D eigenvalue weighted by molar-refractivity contribution is -0.384. The van der Waals surface area contributed by atoms with Crippen LogP contribution in [0.2, 0.25) is 0 Å². The number of fused-ring (bicyclic) bond motifs is 2. The zero-order valence-electron chi connectivity index (χ0n) is 48.7. The fraction of sp³-hybridized carbons (Fsp3) is 0.213. The van der Waals surface area contributed by atoms with Crippen LogP contribution in [-0.4, -0.2) is 137 Å². The third-order valence-electron chi connectivity index (χ3n) is 15.2. The van der Waals surface area contributed by atoms with Gasteiger partial charge in [-0.2, -0.15) is 26.3 Å². The number of carbonyl (C=O) groups is 2. The van der Waals surface area contributed by atoms with Crippen LogP contribution in [0.5, 0.6) is 17.2 Å². The van der Waals surface area contributed by atoms with Crippen molar-refractivity contribution in [3.63, 3.8) is 0 Å². The summed E-state index contributed by atoms with van der Waals surface area (Å²) in [6.07, 6.45) is -11.4. The van der Waals surface area contributed by atoms with E-state index in [4.69, 9.17) is 32.1 Å². The predicted molar refractivity (Wildman–Crippen MR) is 327 cm³/mol. The van der Waals surface area contributed by atoms with Crippen LogP contribution in [0, 0.1) is 10.1 Å². The molecule has 6 heterocycles. The second-order valence-electron chi connectivity index (χ2n) is 20.8. The number of hydrogen-bond donors (Lipinski definition) is 4. The number of halogens is 2. The number of rotatable bonds is 24. The monoisotopic (exact) mass is 1310 g/mol. The molecule has 8 atom stereocenters. The smallest absolute Gasteiger partial charge is 0.382 e. The van der Waals surface area contributed by atoms with Crippen LogP contribution < -0.4 is 33.7 Å². The molecule has 2 amide bonds. The van der Waals surface area contributed by atoms with Crippen molar-refractivity contribution in [2.75, 3.05) is 37.9 Å². The largest absolute Gasteiger partial charge is 0.497 e. The molecule has 478 valence electrons. The van der Waals surface area contributed by atoms with Crippen molar-refractivity contribution in [3.05, 3.63) is 227 Å². The van der Waals surface area contributed by atoms with E-state index in [1.807, 2.05) is 0 Å². The molecule has 2 aliphatic heterocycles. The van der Waals surface area contributed by atoms with Crippen molar-refractivity contribution < 1.29 is 72.2 Å². The summed E-state index contributed by atoms with van der Waals surface area (Å²) in [4.78, 5) is 63.0. The molecule has 4 aromatic heterocycles. The normalized spacial score (nSPS) is 19.9. The van der Waals surface area contributed by atoms with Crippen LogP contribution in [0.3, 0.4) is 0 Å². The number of nitrogens with one attached hydrogen (secondary N) is 4. The number of imidazole rings is 2. The lowest BCUT2D eigenvalue weighted by atomic mass is 9.79. The van der Waals surface area contributed by atoms with Gasteiger partial charge in [0.15, 0.2) is 58.8 Å². The van der Waals surface area contributed by atoms with E-state index in [-0.39, 0.29) is 51.0 Å². The maximum Gasteiger partial charge on any atom is 0.382 e. The first kappa shape index (κ1) is 62.9. The van der Waals surface area contributed by atoms with E-state index in [1.165, 1.54) is 25.1 Å². The number of amides is 2. The van der Waals surface area contributed by atoms with Crippen LogP contribution in [-0.2, 0) is 44.6 Å². The third kappa shape index (κ3) is 13.1. The molecule has 32 heteroatoms. The maximum absolute atomic E-state index is 18.5. The van der Waals surface area contributed by atoms with Crippen molar-refractivity contribution in [3.8, 4) is 17.2 Å². The molecule has 0 spiro atoms. The van der Waals surface area contributed by atoms with Gasteiger partial charge in [0.2, 0.25) is 0 Å². The molecule has 12 rings (SSSR count). The van der Waals surface area contributed by atoms with Crippen LogP contribution in [0.1, 0.15) is 49.9 Å². The number of methoxy groups -OCH3 is 2. The number of nitrogens with zero attached hydrogens (tertiary/aromatic N) is 9. The number of hydrogen-bond acceptors (Lipinski definition) is 21. The summed E-state index contributed by atoms with van der Waals surface area (Å²) in [6.45, 7) is -1.80. The number of alkyl halides is 2. The standard InChI is InChI=1S/C61H53F2N13O15S2/c1-85-42-24-18-39(19-25-42)61(38-16-10-5-11-17-38,40-20-26-43(86-2)27-21-40)89-51-45(87-59(47(51)62)74-34-68-49-53(64-32-66-55(49)74)72-57(77)36-12-6-3-7-13-36)30-71-93(83,84)91-52-46(31-70-92(81,82)90-44-28-22-41(23-29-44)76(79)80)88-60(48(52)63)75-35-69-50-54(65-33-67-56(50)75)73-58(78)37-14-8-4-9-15-37/h3-29,32-35,45-48,51-52,59-60,70-71H,30-31H2,1-2H3,(H,64,66,72,77)(H,65,67,73,78)/t45-,46-,47-,48-,51-,52-,59-,60-/m1/s1. The summed E-state index contributed by atoms with van der Waals surface area (Å²) >= 11 is 0. The number of nitro groups is 1. The maximum atomic E-state index is 18.5. The molecule has 2 aliphatic rings. The predicted octanol–water partition coefficient (Wildman–Crippen LogP) is 7.08. The van der Waals surface area contributed by atoms with Crippen LogP contribution in [0.15, 0.2) is 189 Å². The number of anilines is 2. The van der Waals surface area contributed by atoms with Gasteiger partial charge in [0, 0.05) is 36.3 Å². The van der Waals surface area contributed by atoms with Crippen molar-refractivity contribution in [2.45, 2.75) is 54.8 Å². The highest BCUT2D eigenvalue weighted by atomic mass is 32.2. The van der Waals surface area contributed by atoms with Gasteiger partial charge >= 0.3 is 20.6 Å². The van der Waals surface area contributed by atoms with E-state index in [0.29, 0.717) is 33.8 Å². The van der Waals surface area contributed by atoms with Crippen LogP contribution in [0.4, 0.5) is 26.1 Å². The number of non-ortho nitro benzene ring substituents is 1. The molecule has 6 aromatic carbocycles. The molecule has 0 radical (unpaired) electrons. The molecular formula is C61H53F2N13O15S2. The van der Waals surface area contributed by atoms with Crippen LogP contribution in [0.25, 0.3) is 22.3 Å². The molecule has 0 aliphatic carbocycles. The molecular weight excluding hydrogens is 1260 g/mol. The summed E-state index contributed by atoms with van der Waals surface area (Å²) in [6, 6.07) is 42.8. The summed E-state index contributed by atoms with van der Waals surface area (Å²) in [5.74, 6) is -0.657. The first-order valence-electron chi connectivity index (χ1n) is 28.2. The Balaban J connectivity index is 0.885. The number of benzene rings is 6. The second-order valence-corrected chi connectivity index (χ2v) is 23.6. The quantitative estimate of drug-likeness (QED) is 0.0267. The Morgan fingerprint density at radius 3 is 1.44 bits per heavy atom. The number of ether oxygens (including phenoxy) is 5. The molecule has 10 aromatic rings. The van der Waals surface area contributed by atoms with Crippen molar-refractivity contribution in [2.24, 2.45) is 0 Å². The second kappa shape index (κ2) is 26.5. The minimum atomic E-state index is -5.31. The fourth-order valence-electron chi connectivity index (χ4n) is 10.8. The van der Waals surface area contributed by atoms with E-state index in [2.05, 4.69) is 50.0 Å². The average molecular weight is 1310 g/mol. The fourth-order valence-corrected chi connectivity index (χ4v) is 12.5. The Morgan fingerprint density at radius 2 is 0.978 bits per heavy atom. The molecule has 0 bridgehead atoms. The summed E-state index contributed by atoms with van der Waals surface area (Å²) < 4.78 is 141. The van der Waals surface area contributed by atoms with E-state index < -0.39 is 105 Å². The van der Waals surface area contributed by atoms with Crippen LogP contribution >= 0.6 is 0 Å². The number of nitro benzene ring substituents is 1. The first-order chi connectivity index (χ1) is 44.9. The van der Waals surface area contributed by atoms with Gasteiger partial charge in [0.05, 0.1) is 31.8 Å². The minimum absolute atomic E-state index is 0.0150. The van der Waals surface area contributed by atoms with E-state index >= 15 is 8.78 Å². The first-order valence-corrected chi connectivity index (χ1v) is 31.0. The summed E-state index contributed by atoms with van der Waals surface area (Å²) in [5, 5.41) is 16.6. The van der Waals surface area contributed by atoms with Gasteiger partial charge < -0.3 is 38.5 Å². The Bertz CT molecular complexity index is 4530. The SMILES string of the molecule is COc1ccc(C(O[C@H]2[C@@H](F)[C@H](n3cnc4c(NC(=O)c5ccccc5)ncnc43)O[C@@H]2CNS(=O)(=O)O[C@H]2[C@@H](F)[C@H](n3cnc4c(NC(=O)c5ccccc5)ncnc43)O[C@@H]2CNS(=O)(=O)Oc2ccc([N+](=O)[O-])cc2)(c2ccccc2)c2ccc(OC)cc2)cc1. The Morgan fingerprint density at radius 1 is 0.559 bits per heavy atom. The molecule has 2 fully saturated rings. The highest BCUT2D eigenvalue weighted by molar-refractivity contribution is 7.85. The van der Waals surface area contributed by atoms with Gasteiger partial charge in [-0.25, -0.2) is 42.9 Å². The van der Waals surface area contributed by atoms with Gasteiger partial charge in [-0.1, -0.05) is 91.0 Å². The Labute approximate surface area is 527 Å². The van der Waals surface area contributed by atoms with Gasteiger partial charge in [0.1, 0.15) is 59.9 Å². The van der Waals surface area contributed by atoms with E-state index in [9.17, 15) is 36.5 Å². The van der Waals surface area contributed by atoms with Gasteiger partial charge in [-0.15, -0.1) is 0 Å². The van der Waals surface area contributed by atoms with Gasteiger partial charge in [0.25, 0.3) is 17.5 Å². The Hall–Kier alpha value is -10.3. The van der Waals surface area contributed by atoms with Crippen molar-refractivity contribution in [1.29, 1.82) is 0 Å². The highest BCUT2D eigenvalue weighted by Crippen LogP contribution is 2.47. The van der Waals surface area contributed by atoms with Gasteiger partial charge in [-0.05, 0) is 77.4 Å². The average Bonchev–Trinajstić information content (AvgIpc) is 1.75. The minimum Gasteiger partial charge on any atom is -0.497 e. The molecule has 93 heavy (non-hydrogen) atoms.